The fourth-order valence-electron chi connectivity index (χ4n) is 1.63. The summed E-state index contributed by atoms with van der Waals surface area (Å²) in [5.74, 6) is 0. The summed E-state index contributed by atoms with van der Waals surface area (Å²) in [6.45, 7) is 10.0. The fraction of sp³-hybridized carbons (Fsp3) is 0.600. The molecule has 96 valence electrons. The molecule has 0 aliphatic carbocycles. The Morgan fingerprint density at radius 1 is 1.12 bits per heavy atom. The molecule has 2 heteroatoms. The predicted octanol–water partition coefficient (Wildman–Crippen LogP) is 4.64. The molecule has 1 N–H and O–H groups in total. The number of rotatable bonds is 7. The van der Waals surface area contributed by atoms with E-state index in [1.807, 2.05) is 11.8 Å². The Balaban J connectivity index is 2.54. The van der Waals surface area contributed by atoms with Crippen molar-refractivity contribution in [3.63, 3.8) is 0 Å². The Kier molecular flexibility index (Phi) is 6.68. The van der Waals surface area contributed by atoms with E-state index in [1.54, 1.807) is 0 Å². The molecule has 0 spiro atoms. The largest absolute Gasteiger partial charge is 0.310 e. The van der Waals surface area contributed by atoms with E-state index in [4.69, 9.17) is 0 Å². The van der Waals surface area contributed by atoms with Crippen LogP contribution in [0.5, 0.6) is 0 Å². The summed E-state index contributed by atoms with van der Waals surface area (Å²) in [5.41, 5.74) is 1.38. The van der Waals surface area contributed by atoms with Crippen molar-refractivity contribution in [1.82, 2.24) is 5.32 Å². The maximum atomic E-state index is 3.51. The first-order valence-electron chi connectivity index (χ1n) is 6.67. The third-order valence-corrected chi connectivity index (χ3v) is 4.27. The molecule has 0 radical (unpaired) electrons. The molecule has 1 rings (SSSR count). The highest BCUT2D eigenvalue weighted by molar-refractivity contribution is 7.99. The van der Waals surface area contributed by atoms with Gasteiger partial charge in [-0.25, -0.2) is 0 Å². The summed E-state index contributed by atoms with van der Waals surface area (Å²) in [6, 6.07) is 9.44. The van der Waals surface area contributed by atoms with Crippen molar-refractivity contribution in [2.45, 2.75) is 56.7 Å². The number of benzene rings is 1. The summed E-state index contributed by atoms with van der Waals surface area (Å²) in [7, 11) is 0. The molecule has 0 aromatic heterocycles. The monoisotopic (exact) mass is 251 g/mol. The summed E-state index contributed by atoms with van der Waals surface area (Å²) in [4.78, 5) is 1.38. The Bertz CT molecular complexity index is 307. The lowest BCUT2D eigenvalue weighted by Crippen LogP contribution is -2.19. The molecular formula is C15H25NS. The quantitative estimate of drug-likeness (QED) is 0.709. The molecule has 0 heterocycles. The molecule has 0 saturated heterocycles. The van der Waals surface area contributed by atoms with Crippen LogP contribution in [0.25, 0.3) is 0 Å². The molecule has 0 aliphatic rings. The molecular weight excluding hydrogens is 226 g/mol. The van der Waals surface area contributed by atoms with E-state index >= 15 is 0 Å². The Hall–Kier alpha value is -0.470. The third-order valence-electron chi connectivity index (χ3n) is 2.99. The average Bonchev–Trinajstić information content (AvgIpc) is 2.36. The van der Waals surface area contributed by atoms with Gasteiger partial charge in [-0.05, 0) is 44.0 Å². The minimum Gasteiger partial charge on any atom is -0.310 e. The maximum absolute atomic E-state index is 3.51. The summed E-state index contributed by atoms with van der Waals surface area (Å²) >= 11 is 1.96. The van der Waals surface area contributed by atoms with Crippen LogP contribution in [-0.2, 0) is 0 Å². The van der Waals surface area contributed by atoms with Crippen molar-refractivity contribution in [2.75, 3.05) is 6.54 Å². The number of hydrogen-bond donors (Lipinski definition) is 1. The van der Waals surface area contributed by atoms with Gasteiger partial charge < -0.3 is 5.32 Å². The van der Waals surface area contributed by atoms with Crippen molar-refractivity contribution in [3.8, 4) is 0 Å². The first-order valence-corrected chi connectivity index (χ1v) is 7.55. The van der Waals surface area contributed by atoms with E-state index < -0.39 is 0 Å². The van der Waals surface area contributed by atoms with E-state index in [0.29, 0.717) is 11.3 Å². The minimum absolute atomic E-state index is 0.456. The van der Waals surface area contributed by atoms with Gasteiger partial charge in [-0.1, -0.05) is 32.9 Å². The van der Waals surface area contributed by atoms with Crippen LogP contribution in [-0.4, -0.2) is 11.8 Å². The van der Waals surface area contributed by atoms with Crippen LogP contribution in [0.1, 0.15) is 52.1 Å². The molecule has 2 unspecified atom stereocenters. The Labute approximate surface area is 110 Å². The van der Waals surface area contributed by atoms with Crippen molar-refractivity contribution in [3.05, 3.63) is 29.8 Å². The molecule has 2 atom stereocenters. The lowest BCUT2D eigenvalue weighted by atomic mass is 10.1. The molecule has 1 aromatic rings. The van der Waals surface area contributed by atoms with Crippen molar-refractivity contribution < 1.29 is 0 Å². The molecule has 0 amide bonds. The lowest BCUT2D eigenvalue weighted by molar-refractivity contribution is 0.570. The van der Waals surface area contributed by atoms with Gasteiger partial charge in [0.05, 0.1) is 0 Å². The van der Waals surface area contributed by atoms with E-state index in [0.717, 1.165) is 6.54 Å². The van der Waals surface area contributed by atoms with Crippen LogP contribution in [0.3, 0.4) is 0 Å². The highest BCUT2D eigenvalue weighted by Gasteiger charge is 2.05. The second-order valence-electron chi connectivity index (χ2n) is 4.58. The van der Waals surface area contributed by atoms with Crippen molar-refractivity contribution >= 4 is 11.8 Å². The molecule has 17 heavy (non-hydrogen) atoms. The highest BCUT2D eigenvalue weighted by atomic mass is 32.2. The topological polar surface area (TPSA) is 12.0 Å². The summed E-state index contributed by atoms with van der Waals surface area (Å²) < 4.78 is 0. The van der Waals surface area contributed by atoms with Crippen molar-refractivity contribution in [1.29, 1.82) is 0 Å². The molecule has 0 aliphatic heterocycles. The van der Waals surface area contributed by atoms with Gasteiger partial charge in [0.2, 0.25) is 0 Å². The number of hydrogen-bond acceptors (Lipinski definition) is 2. The van der Waals surface area contributed by atoms with Gasteiger partial charge in [0.15, 0.2) is 0 Å². The van der Waals surface area contributed by atoms with E-state index in [1.165, 1.54) is 23.3 Å². The van der Waals surface area contributed by atoms with Gasteiger partial charge in [-0.15, -0.1) is 11.8 Å². The molecule has 0 saturated carbocycles. The summed E-state index contributed by atoms with van der Waals surface area (Å²) in [5, 5.41) is 4.22. The van der Waals surface area contributed by atoms with Crippen LogP contribution in [0.15, 0.2) is 29.2 Å². The first-order chi connectivity index (χ1) is 8.17. The second kappa shape index (κ2) is 7.78. The molecule has 1 nitrogen and oxygen atoms in total. The lowest BCUT2D eigenvalue weighted by Gasteiger charge is -2.14. The van der Waals surface area contributed by atoms with Gasteiger partial charge in [0.25, 0.3) is 0 Å². The first kappa shape index (κ1) is 14.6. The average molecular weight is 251 g/mol. The standard InChI is InChI=1S/C15H25NS/c1-5-11-16-13(4)14-7-9-15(10-8-14)17-12(3)6-2/h7-10,12-13,16H,5-6,11H2,1-4H3. The van der Waals surface area contributed by atoms with Gasteiger partial charge >= 0.3 is 0 Å². The van der Waals surface area contributed by atoms with Crippen LogP contribution in [0, 0.1) is 0 Å². The molecule has 0 fully saturated rings. The summed E-state index contributed by atoms with van der Waals surface area (Å²) in [6.07, 6.45) is 2.41. The van der Waals surface area contributed by atoms with E-state index in [-0.39, 0.29) is 0 Å². The van der Waals surface area contributed by atoms with Crippen LogP contribution in [0.4, 0.5) is 0 Å². The highest BCUT2D eigenvalue weighted by Crippen LogP contribution is 2.26. The number of thioether (sulfide) groups is 1. The smallest absolute Gasteiger partial charge is 0.0291 e. The zero-order valence-electron chi connectivity index (χ0n) is 11.5. The van der Waals surface area contributed by atoms with E-state index in [2.05, 4.69) is 57.3 Å². The van der Waals surface area contributed by atoms with Crippen molar-refractivity contribution in [2.24, 2.45) is 0 Å². The van der Waals surface area contributed by atoms with Crippen LogP contribution in [0.2, 0.25) is 0 Å². The van der Waals surface area contributed by atoms with E-state index in [9.17, 15) is 0 Å². The molecule has 0 bridgehead atoms. The number of nitrogens with one attached hydrogen (secondary N) is 1. The van der Waals surface area contributed by atoms with Crippen LogP contribution < -0.4 is 5.32 Å². The van der Waals surface area contributed by atoms with Gasteiger partial charge in [0.1, 0.15) is 0 Å². The zero-order chi connectivity index (χ0) is 12.7. The van der Waals surface area contributed by atoms with Gasteiger partial charge in [-0.3, -0.25) is 0 Å². The minimum atomic E-state index is 0.456. The van der Waals surface area contributed by atoms with Gasteiger partial charge in [0, 0.05) is 16.2 Å². The zero-order valence-corrected chi connectivity index (χ0v) is 12.3. The maximum Gasteiger partial charge on any atom is 0.0291 e. The predicted molar refractivity (Wildman–Crippen MR) is 78.8 cm³/mol. The Morgan fingerprint density at radius 3 is 2.29 bits per heavy atom. The third kappa shape index (κ3) is 5.13. The SMILES string of the molecule is CCCNC(C)c1ccc(SC(C)CC)cc1. The Morgan fingerprint density at radius 2 is 1.76 bits per heavy atom. The normalized spacial score (nSPS) is 14.6. The molecule has 1 aromatic carbocycles. The fourth-order valence-corrected chi connectivity index (χ4v) is 2.55. The second-order valence-corrected chi connectivity index (χ2v) is 6.09. The van der Waals surface area contributed by atoms with Gasteiger partial charge in [-0.2, -0.15) is 0 Å². The van der Waals surface area contributed by atoms with Crippen LogP contribution >= 0.6 is 11.8 Å².